The Labute approximate surface area is 111 Å². The molecule has 1 N–H and O–H groups in total. The molecular formula is C16H26N2. The fourth-order valence-electron chi connectivity index (χ4n) is 2.83. The summed E-state index contributed by atoms with van der Waals surface area (Å²) in [6.45, 7) is 9.10. The van der Waals surface area contributed by atoms with E-state index in [1.54, 1.807) is 0 Å². The van der Waals surface area contributed by atoms with Crippen molar-refractivity contribution in [2.45, 2.75) is 33.2 Å². The maximum atomic E-state index is 3.44. The first-order chi connectivity index (χ1) is 8.65. The number of hydrogen-bond donors (Lipinski definition) is 1. The molecule has 2 rings (SSSR count). The molecule has 1 saturated heterocycles. The number of rotatable bonds is 4. The van der Waals surface area contributed by atoms with E-state index >= 15 is 0 Å². The van der Waals surface area contributed by atoms with Gasteiger partial charge < -0.3 is 10.2 Å². The van der Waals surface area contributed by atoms with Gasteiger partial charge in [0.1, 0.15) is 0 Å². The summed E-state index contributed by atoms with van der Waals surface area (Å²) in [6.07, 6.45) is 2.66. The van der Waals surface area contributed by atoms with Gasteiger partial charge in [-0.25, -0.2) is 0 Å². The van der Waals surface area contributed by atoms with Crippen LogP contribution >= 0.6 is 0 Å². The Morgan fingerprint density at radius 3 is 2.67 bits per heavy atom. The average Bonchev–Trinajstić information content (AvgIpc) is 2.35. The van der Waals surface area contributed by atoms with Gasteiger partial charge in [0.05, 0.1) is 0 Å². The lowest BCUT2D eigenvalue weighted by atomic mass is 9.97. The third kappa shape index (κ3) is 3.82. The molecule has 0 radical (unpaired) electrons. The molecule has 1 fully saturated rings. The van der Waals surface area contributed by atoms with Crippen LogP contribution in [0, 0.1) is 19.8 Å². The first-order valence-corrected chi connectivity index (χ1v) is 7.10. The Morgan fingerprint density at radius 2 is 1.94 bits per heavy atom. The highest BCUT2D eigenvalue weighted by atomic mass is 15.1. The maximum Gasteiger partial charge on any atom is 0.0233 e. The molecular weight excluding hydrogens is 220 g/mol. The van der Waals surface area contributed by atoms with E-state index in [9.17, 15) is 0 Å². The molecule has 0 atom stereocenters. The molecule has 0 spiro atoms. The largest absolute Gasteiger partial charge is 0.317 e. The third-order valence-electron chi connectivity index (χ3n) is 3.97. The molecule has 0 amide bonds. The Hall–Kier alpha value is -0.860. The summed E-state index contributed by atoms with van der Waals surface area (Å²) in [5.41, 5.74) is 4.26. The lowest BCUT2D eigenvalue weighted by Crippen LogP contribution is -2.34. The van der Waals surface area contributed by atoms with Crippen molar-refractivity contribution in [3.05, 3.63) is 34.9 Å². The summed E-state index contributed by atoms with van der Waals surface area (Å²) in [7, 11) is 2.25. The van der Waals surface area contributed by atoms with Gasteiger partial charge >= 0.3 is 0 Å². The minimum Gasteiger partial charge on any atom is -0.317 e. The van der Waals surface area contributed by atoms with Gasteiger partial charge in [0, 0.05) is 13.1 Å². The van der Waals surface area contributed by atoms with Gasteiger partial charge in [0.2, 0.25) is 0 Å². The monoisotopic (exact) mass is 246 g/mol. The molecule has 1 aromatic carbocycles. The number of benzene rings is 1. The van der Waals surface area contributed by atoms with Crippen LogP contribution in [0.1, 0.15) is 29.5 Å². The lowest BCUT2D eigenvalue weighted by molar-refractivity contribution is 0.234. The molecule has 100 valence electrons. The quantitative estimate of drug-likeness (QED) is 0.879. The van der Waals surface area contributed by atoms with Crippen LogP contribution in [0.15, 0.2) is 18.2 Å². The van der Waals surface area contributed by atoms with Gasteiger partial charge in [-0.05, 0) is 63.9 Å². The van der Waals surface area contributed by atoms with E-state index in [1.807, 2.05) is 0 Å². The fraction of sp³-hybridized carbons (Fsp3) is 0.625. The van der Waals surface area contributed by atoms with E-state index in [-0.39, 0.29) is 0 Å². The van der Waals surface area contributed by atoms with Gasteiger partial charge in [0.25, 0.3) is 0 Å². The predicted octanol–water partition coefficient (Wildman–Crippen LogP) is 2.73. The number of aryl methyl sites for hydroxylation is 2. The minimum atomic E-state index is 0.876. The zero-order chi connectivity index (χ0) is 13.0. The molecule has 0 bridgehead atoms. The van der Waals surface area contributed by atoms with Crippen molar-refractivity contribution < 1.29 is 0 Å². The van der Waals surface area contributed by atoms with Crippen molar-refractivity contribution in [1.29, 1.82) is 0 Å². The minimum absolute atomic E-state index is 0.876. The number of hydrogen-bond acceptors (Lipinski definition) is 2. The summed E-state index contributed by atoms with van der Waals surface area (Å²) in [6, 6.07) is 6.77. The van der Waals surface area contributed by atoms with Crippen molar-refractivity contribution in [3.8, 4) is 0 Å². The third-order valence-corrected chi connectivity index (χ3v) is 3.97. The van der Waals surface area contributed by atoms with Crippen molar-refractivity contribution >= 4 is 0 Å². The van der Waals surface area contributed by atoms with Crippen molar-refractivity contribution in [2.24, 2.45) is 5.92 Å². The predicted molar refractivity (Wildman–Crippen MR) is 77.8 cm³/mol. The highest BCUT2D eigenvalue weighted by molar-refractivity contribution is 5.30. The number of piperidine rings is 1. The standard InChI is InChI=1S/C16H26N2/c1-13-4-5-14(2)16(10-13)12-18(3)11-15-6-8-17-9-7-15/h4-5,10,15,17H,6-9,11-12H2,1-3H3. The molecule has 2 nitrogen and oxygen atoms in total. The second kappa shape index (κ2) is 6.35. The Bertz CT molecular complexity index is 381. The Kier molecular flexibility index (Phi) is 4.79. The summed E-state index contributed by atoms with van der Waals surface area (Å²) < 4.78 is 0. The van der Waals surface area contributed by atoms with E-state index in [0.29, 0.717) is 0 Å². The van der Waals surface area contributed by atoms with Gasteiger partial charge in [-0.2, -0.15) is 0 Å². The summed E-state index contributed by atoms with van der Waals surface area (Å²) >= 11 is 0. The van der Waals surface area contributed by atoms with Crippen LogP contribution < -0.4 is 5.32 Å². The van der Waals surface area contributed by atoms with E-state index in [0.717, 1.165) is 12.5 Å². The van der Waals surface area contributed by atoms with E-state index in [2.05, 4.69) is 49.3 Å². The zero-order valence-corrected chi connectivity index (χ0v) is 12.0. The fourth-order valence-corrected chi connectivity index (χ4v) is 2.83. The van der Waals surface area contributed by atoms with Crippen LogP contribution in [0.25, 0.3) is 0 Å². The SMILES string of the molecule is Cc1ccc(C)c(CN(C)CC2CCNCC2)c1. The van der Waals surface area contributed by atoms with Gasteiger partial charge in [-0.3, -0.25) is 0 Å². The van der Waals surface area contributed by atoms with Crippen LogP contribution in [0.5, 0.6) is 0 Å². The van der Waals surface area contributed by atoms with Crippen molar-refractivity contribution in [3.63, 3.8) is 0 Å². The Morgan fingerprint density at radius 1 is 1.22 bits per heavy atom. The first-order valence-electron chi connectivity index (χ1n) is 7.10. The number of nitrogens with one attached hydrogen (secondary N) is 1. The summed E-state index contributed by atoms with van der Waals surface area (Å²) in [5.74, 6) is 0.876. The molecule has 1 aliphatic rings. The number of nitrogens with zero attached hydrogens (tertiary/aromatic N) is 1. The lowest BCUT2D eigenvalue weighted by Gasteiger charge is -2.28. The molecule has 0 saturated carbocycles. The second-order valence-electron chi connectivity index (χ2n) is 5.82. The first kappa shape index (κ1) is 13.6. The van der Waals surface area contributed by atoms with Gasteiger partial charge in [-0.1, -0.05) is 23.8 Å². The van der Waals surface area contributed by atoms with Crippen molar-refractivity contribution in [1.82, 2.24) is 10.2 Å². The smallest absolute Gasteiger partial charge is 0.0233 e. The molecule has 1 aliphatic heterocycles. The van der Waals surface area contributed by atoms with Crippen LogP contribution in [0.4, 0.5) is 0 Å². The topological polar surface area (TPSA) is 15.3 Å². The van der Waals surface area contributed by atoms with Gasteiger partial charge in [-0.15, -0.1) is 0 Å². The van der Waals surface area contributed by atoms with Crippen LogP contribution in [0.2, 0.25) is 0 Å². The molecule has 0 aromatic heterocycles. The highest BCUT2D eigenvalue weighted by Gasteiger charge is 2.15. The molecule has 0 aliphatic carbocycles. The van der Waals surface area contributed by atoms with E-state index in [4.69, 9.17) is 0 Å². The maximum absolute atomic E-state index is 3.44. The average molecular weight is 246 g/mol. The second-order valence-corrected chi connectivity index (χ2v) is 5.82. The van der Waals surface area contributed by atoms with E-state index in [1.165, 1.54) is 49.2 Å². The summed E-state index contributed by atoms with van der Waals surface area (Å²) in [5, 5.41) is 3.44. The normalized spacial score (nSPS) is 17.3. The summed E-state index contributed by atoms with van der Waals surface area (Å²) in [4.78, 5) is 2.48. The zero-order valence-electron chi connectivity index (χ0n) is 12.0. The molecule has 18 heavy (non-hydrogen) atoms. The molecule has 0 unspecified atom stereocenters. The van der Waals surface area contributed by atoms with Gasteiger partial charge in [0.15, 0.2) is 0 Å². The highest BCUT2D eigenvalue weighted by Crippen LogP contribution is 2.16. The van der Waals surface area contributed by atoms with Crippen molar-refractivity contribution in [2.75, 3.05) is 26.7 Å². The molecule has 1 heterocycles. The van der Waals surface area contributed by atoms with Crippen LogP contribution in [-0.4, -0.2) is 31.6 Å². The molecule has 2 heteroatoms. The molecule has 1 aromatic rings. The Balaban J connectivity index is 1.89. The van der Waals surface area contributed by atoms with E-state index < -0.39 is 0 Å². The van der Waals surface area contributed by atoms with Crippen LogP contribution in [0.3, 0.4) is 0 Å². The van der Waals surface area contributed by atoms with Crippen LogP contribution in [-0.2, 0) is 6.54 Å².